The summed E-state index contributed by atoms with van der Waals surface area (Å²) in [7, 11) is 0. The molecule has 0 saturated heterocycles. The SMILES string of the molecule is Cc1ccc(C(N)=S)c(NC2C3C4CCC(C4)C23)n1. The van der Waals surface area contributed by atoms with Crippen LogP contribution in [0.25, 0.3) is 0 Å². The van der Waals surface area contributed by atoms with Gasteiger partial charge in [-0.1, -0.05) is 12.2 Å². The van der Waals surface area contributed by atoms with Gasteiger partial charge in [0.05, 0.1) is 5.56 Å². The maximum Gasteiger partial charge on any atom is 0.136 e. The van der Waals surface area contributed by atoms with Gasteiger partial charge in [0.25, 0.3) is 0 Å². The number of hydrogen-bond donors (Lipinski definition) is 2. The second kappa shape index (κ2) is 3.92. The lowest BCUT2D eigenvalue weighted by molar-refractivity contribution is 0.456. The largest absolute Gasteiger partial charge is 0.389 e. The van der Waals surface area contributed by atoms with Crippen molar-refractivity contribution in [3.8, 4) is 0 Å². The fourth-order valence-corrected chi connectivity index (χ4v) is 4.71. The molecule has 0 aromatic carbocycles. The molecule has 1 aromatic heterocycles. The van der Waals surface area contributed by atoms with E-state index in [-0.39, 0.29) is 0 Å². The Morgan fingerprint density at radius 2 is 2.00 bits per heavy atom. The summed E-state index contributed by atoms with van der Waals surface area (Å²) in [5.74, 6) is 4.60. The number of nitrogens with one attached hydrogen (secondary N) is 1. The van der Waals surface area contributed by atoms with Gasteiger partial charge in [0.15, 0.2) is 0 Å². The molecular weight excluding hydrogens is 254 g/mol. The van der Waals surface area contributed by atoms with E-state index in [1.54, 1.807) is 0 Å². The van der Waals surface area contributed by atoms with Crippen molar-refractivity contribution in [2.45, 2.75) is 32.2 Å². The summed E-state index contributed by atoms with van der Waals surface area (Å²) >= 11 is 5.12. The molecule has 0 radical (unpaired) electrons. The van der Waals surface area contributed by atoms with Crippen molar-refractivity contribution in [2.75, 3.05) is 5.32 Å². The van der Waals surface area contributed by atoms with Gasteiger partial charge in [0.2, 0.25) is 0 Å². The highest BCUT2D eigenvalue weighted by atomic mass is 32.1. The van der Waals surface area contributed by atoms with Crippen LogP contribution in [0.3, 0.4) is 0 Å². The van der Waals surface area contributed by atoms with Gasteiger partial charge < -0.3 is 11.1 Å². The maximum atomic E-state index is 5.79. The first-order chi connectivity index (χ1) is 9.15. The quantitative estimate of drug-likeness (QED) is 0.831. The molecule has 3 aliphatic rings. The van der Waals surface area contributed by atoms with Crippen molar-refractivity contribution in [2.24, 2.45) is 29.4 Å². The highest BCUT2D eigenvalue weighted by molar-refractivity contribution is 7.80. The maximum absolute atomic E-state index is 5.79. The van der Waals surface area contributed by atoms with Gasteiger partial charge in [-0.25, -0.2) is 4.98 Å². The first-order valence-electron chi connectivity index (χ1n) is 7.19. The third kappa shape index (κ3) is 1.69. The summed E-state index contributed by atoms with van der Waals surface area (Å²) in [4.78, 5) is 5.03. The van der Waals surface area contributed by atoms with E-state index in [4.69, 9.17) is 18.0 Å². The minimum atomic E-state index is 0.434. The van der Waals surface area contributed by atoms with Crippen LogP contribution >= 0.6 is 12.2 Å². The fraction of sp³-hybridized carbons (Fsp3) is 0.600. The Balaban J connectivity index is 1.58. The number of aryl methyl sites for hydroxylation is 1. The van der Waals surface area contributed by atoms with Gasteiger partial charge in [-0.3, -0.25) is 0 Å². The summed E-state index contributed by atoms with van der Waals surface area (Å²) in [5.41, 5.74) is 7.69. The number of pyridine rings is 1. The zero-order valence-electron chi connectivity index (χ0n) is 11.1. The minimum absolute atomic E-state index is 0.434. The van der Waals surface area contributed by atoms with Crippen molar-refractivity contribution in [1.29, 1.82) is 0 Å². The molecule has 2 bridgehead atoms. The van der Waals surface area contributed by atoms with Gasteiger partial charge >= 0.3 is 0 Å². The molecule has 100 valence electrons. The Labute approximate surface area is 119 Å². The number of rotatable bonds is 3. The van der Waals surface area contributed by atoms with E-state index in [1.807, 2.05) is 19.1 Å². The van der Waals surface area contributed by atoms with Gasteiger partial charge in [-0.15, -0.1) is 0 Å². The van der Waals surface area contributed by atoms with Gasteiger partial charge in [-0.05, 0) is 62.0 Å². The number of hydrogen-bond acceptors (Lipinski definition) is 3. The smallest absolute Gasteiger partial charge is 0.136 e. The Morgan fingerprint density at radius 3 is 2.63 bits per heavy atom. The zero-order valence-corrected chi connectivity index (χ0v) is 11.9. The first-order valence-corrected chi connectivity index (χ1v) is 7.60. The lowest BCUT2D eigenvalue weighted by Gasteiger charge is -2.14. The molecule has 4 rings (SSSR count). The standard InChI is InChI=1S/C15H19N3S/c1-7-2-5-10(14(16)19)15(17-7)18-13-11-8-3-4-9(6-8)12(11)13/h2,5,8-9,11-13H,3-4,6H2,1H3,(H2,16,19)(H,17,18). The Morgan fingerprint density at radius 1 is 1.32 bits per heavy atom. The van der Waals surface area contributed by atoms with E-state index in [2.05, 4.69) is 10.3 Å². The van der Waals surface area contributed by atoms with E-state index in [1.165, 1.54) is 19.3 Å². The Bertz CT molecular complexity index is 540. The third-order valence-electron chi connectivity index (χ3n) is 5.34. The minimum Gasteiger partial charge on any atom is -0.389 e. The molecule has 3 nitrogen and oxygen atoms in total. The van der Waals surface area contributed by atoms with Crippen LogP contribution in [0.4, 0.5) is 5.82 Å². The topological polar surface area (TPSA) is 50.9 Å². The molecule has 0 spiro atoms. The highest BCUT2D eigenvalue weighted by Crippen LogP contribution is 2.66. The molecule has 3 saturated carbocycles. The van der Waals surface area contributed by atoms with Crippen LogP contribution in [0.5, 0.6) is 0 Å². The number of anilines is 1. The lowest BCUT2D eigenvalue weighted by Crippen LogP contribution is -2.19. The monoisotopic (exact) mass is 273 g/mol. The molecule has 3 fully saturated rings. The molecule has 0 amide bonds. The van der Waals surface area contributed by atoms with Crippen LogP contribution < -0.4 is 11.1 Å². The predicted molar refractivity (Wildman–Crippen MR) is 80.1 cm³/mol. The van der Waals surface area contributed by atoms with Crippen molar-refractivity contribution in [1.82, 2.24) is 4.98 Å². The summed E-state index contributed by atoms with van der Waals surface area (Å²) in [6.45, 7) is 2.01. The summed E-state index contributed by atoms with van der Waals surface area (Å²) < 4.78 is 0. The molecule has 0 aliphatic heterocycles. The predicted octanol–water partition coefficient (Wildman–Crippen LogP) is 2.48. The molecule has 4 heteroatoms. The second-order valence-electron chi connectivity index (χ2n) is 6.37. The van der Waals surface area contributed by atoms with Crippen LogP contribution in [-0.2, 0) is 0 Å². The van der Waals surface area contributed by atoms with Gasteiger partial charge in [0.1, 0.15) is 10.8 Å². The van der Waals surface area contributed by atoms with Crippen molar-refractivity contribution >= 4 is 23.0 Å². The van der Waals surface area contributed by atoms with Crippen molar-refractivity contribution in [3.63, 3.8) is 0 Å². The average Bonchev–Trinajstić information content (AvgIpc) is 2.78. The normalized spacial score (nSPS) is 38.1. The number of fused-ring (bicyclic) bond motifs is 5. The average molecular weight is 273 g/mol. The van der Waals surface area contributed by atoms with Crippen LogP contribution in [0.2, 0.25) is 0 Å². The third-order valence-corrected chi connectivity index (χ3v) is 5.56. The molecule has 1 aromatic rings. The highest BCUT2D eigenvalue weighted by Gasteiger charge is 2.65. The molecule has 19 heavy (non-hydrogen) atoms. The van der Waals surface area contributed by atoms with Gasteiger partial charge in [0, 0.05) is 11.7 Å². The fourth-order valence-electron chi connectivity index (χ4n) is 4.54. The summed E-state index contributed by atoms with van der Waals surface area (Å²) in [5, 5.41) is 3.63. The number of nitrogens with zero attached hydrogens (tertiary/aromatic N) is 1. The second-order valence-corrected chi connectivity index (χ2v) is 6.81. The van der Waals surface area contributed by atoms with E-state index in [9.17, 15) is 0 Å². The van der Waals surface area contributed by atoms with Crippen LogP contribution in [0.1, 0.15) is 30.5 Å². The lowest BCUT2D eigenvalue weighted by atomic mass is 10.0. The molecule has 3 N–H and O–H groups in total. The molecule has 4 atom stereocenters. The molecule has 1 heterocycles. The Hall–Kier alpha value is -1.16. The number of nitrogens with two attached hydrogens (primary N) is 1. The van der Waals surface area contributed by atoms with Crippen molar-refractivity contribution in [3.05, 3.63) is 23.4 Å². The van der Waals surface area contributed by atoms with E-state index < -0.39 is 0 Å². The summed E-state index contributed by atoms with van der Waals surface area (Å²) in [6.07, 6.45) is 4.34. The van der Waals surface area contributed by atoms with Crippen molar-refractivity contribution < 1.29 is 0 Å². The number of aromatic nitrogens is 1. The Kier molecular flexibility index (Phi) is 2.40. The molecular formula is C15H19N3S. The van der Waals surface area contributed by atoms with E-state index in [0.717, 1.165) is 40.7 Å². The van der Waals surface area contributed by atoms with Crippen LogP contribution in [-0.4, -0.2) is 16.0 Å². The molecule has 3 aliphatic carbocycles. The zero-order chi connectivity index (χ0) is 13.1. The molecule has 4 unspecified atom stereocenters. The van der Waals surface area contributed by atoms with E-state index >= 15 is 0 Å². The van der Waals surface area contributed by atoms with Crippen LogP contribution in [0.15, 0.2) is 12.1 Å². The van der Waals surface area contributed by atoms with Gasteiger partial charge in [-0.2, -0.15) is 0 Å². The first kappa shape index (κ1) is 11.6. The summed E-state index contributed by atoms with van der Waals surface area (Å²) in [6, 6.07) is 4.57. The van der Waals surface area contributed by atoms with Crippen LogP contribution in [0, 0.1) is 30.6 Å². The van der Waals surface area contributed by atoms with E-state index in [0.29, 0.717) is 11.0 Å². The number of thiocarbonyl (C=S) groups is 1.